The monoisotopic (exact) mass is 379 g/mol. The van der Waals surface area contributed by atoms with Crippen molar-refractivity contribution in [2.45, 2.75) is 0 Å². The van der Waals surface area contributed by atoms with Crippen LogP contribution in [0.2, 0.25) is 0 Å². The molecule has 0 aliphatic heterocycles. The third-order valence-electron chi connectivity index (χ3n) is 5.13. The molecule has 0 unspecified atom stereocenters. The Bertz CT molecular complexity index is 1510. The molecular formula is C23H14FN5. The molecule has 6 aromatic rings. The Morgan fingerprint density at radius 2 is 1.62 bits per heavy atom. The maximum Gasteiger partial charge on any atom is 0.164 e. The highest BCUT2D eigenvalue weighted by Gasteiger charge is 2.16. The van der Waals surface area contributed by atoms with E-state index in [1.807, 2.05) is 71.3 Å². The van der Waals surface area contributed by atoms with E-state index in [0.717, 1.165) is 33.4 Å². The van der Waals surface area contributed by atoms with Gasteiger partial charge in [0.15, 0.2) is 5.65 Å². The van der Waals surface area contributed by atoms with Crippen LogP contribution in [-0.2, 0) is 0 Å². The first-order valence-electron chi connectivity index (χ1n) is 9.25. The van der Waals surface area contributed by atoms with Crippen LogP contribution in [0, 0.1) is 5.82 Å². The maximum atomic E-state index is 13.8. The minimum absolute atomic E-state index is 0.307. The van der Waals surface area contributed by atoms with Gasteiger partial charge in [0, 0.05) is 17.0 Å². The van der Waals surface area contributed by atoms with Gasteiger partial charge in [0.05, 0.1) is 22.7 Å². The number of hydrogen-bond acceptors (Lipinski definition) is 3. The van der Waals surface area contributed by atoms with Crippen molar-refractivity contribution in [3.63, 3.8) is 0 Å². The Hall–Kier alpha value is -4.06. The van der Waals surface area contributed by atoms with Gasteiger partial charge in [-0.2, -0.15) is 0 Å². The van der Waals surface area contributed by atoms with Crippen LogP contribution in [0.4, 0.5) is 4.39 Å². The van der Waals surface area contributed by atoms with Gasteiger partial charge in [0.25, 0.3) is 0 Å². The summed E-state index contributed by atoms with van der Waals surface area (Å²) in [5, 5.41) is 9.72. The highest BCUT2D eigenvalue weighted by Crippen LogP contribution is 2.29. The Morgan fingerprint density at radius 1 is 0.793 bits per heavy atom. The maximum absolute atomic E-state index is 13.8. The topological polar surface area (TPSA) is 48.0 Å². The Balaban J connectivity index is 1.68. The standard InChI is InChI=1S/C23H14FN5/c24-17-10-11-21-18(13-17)25-23-22(12-16-8-4-5-9-20(16)29(21)23)28-14-19(26-27-28)15-6-2-1-3-7-15/h1-14H. The highest BCUT2D eigenvalue weighted by atomic mass is 19.1. The van der Waals surface area contributed by atoms with Gasteiger partial charge in [-0.05, 0) is 24.3 Å². The molecule has 6 heteroatoms. The zero-order valence-corrected chi connectivity index (χ0v) is 15.2. The lowest BCUT2D eigenvalue weighted by atomic mass is 10.2. The van der Waals surface area contributed by atoms with E-state index in [4.69, 9.17) is 4.98 Å². The minimum atomic E-state index is -0.307. The molecule has 5 nitrogen and oxygen atoms in total. The van der Waals surface area contributed by atoms with Crippen LogP contribution in [-0.4, -0.2) is 24.4 Å². The minimum Gasteiger partial charge on any atom is -0.290 e. The van der Waals surface area contributed by atoms with E-state index in [1.165, 1.54) is 12.1 Å². The third-order valence-corrected chi connectivity index (χ3v) is 5.13. The SMILES string of the molecule is Fc1ccc2c(c1)nc1c(-n3cc(-c4ccccc4)nn3)cc3ccccc3n12. The lowest BCUT2D eigenvalue weighted by molar-refractivity contribution is 0.629. The van der Waals surface area contributed by atoms with Crippen molar-refractivity contribution in [1.82, 2.24) is 24.4 Å². The van der Waals surface area contributed by atoms with Crippen LogP contribution in [0.5, 0.6) is 0 Å². The molecule has 0 saturated heterocycles. The van der Waals surface area contributed by atoms with Crippen molar-refractivity contribution in [2.75, 3.05) is 0 Å². The van der Waals surface area contributed by atoms with Crippen molar-refractivity contribution in [1.29, 1.82) is 0 Å². The molecule has 0 bridgehead atoms. The van der Waals surface area contributed by atoms with Crippen molar-refractivity contribution in [3.05, 3.63) is 90.9 Å². The second-order valence-electron chi connectivity index (χ2n) is 6.91. The third kappa shape index (κ3) is 2.42. The molecular weight excluding hydrogens is 365 g/mol. The van der Waals surface area contributed by atoms with Gasteiger partial charge < -0.3 is 0 Å². The fourth-order valence-corrected chi connectivity index (χ4v) is 3.79. The number of rotatable bonds is 2. The van der Waals surface area contributed by atoms with Crippen molar-refractivity contribution >= 4 is 27.6 Å². The first-order chi connectivity index (χ1) is 14.3. The van der Waals surface area contributed by atoms with Crippen molar-refractivity contribution < 1.29 is 4.39 Å². The van der Waals surface area contributed by atoms with E-state index in [0.29, 0.717) is 11.2 Å². The lowest BCUT2D eigenvalue weighted by Gasteiger charge is -2.08. The molecule has 0 N–H and O–H groups in total. The zero-order valence-electron chi connectivity index (χ0n) is 15.2. The molecule has 0 radical (unpaired) electrons. The molecule has 0 aliphatic carbocycles. The molecule has 0 atom stereocenters. The fourth-order valence-electron chi connectivity index (χ4n) is 3.79. The average molecular weight is 379 g/mol. The summed E-state index contributed by atoms with van der Waals surface area (Å²) in [5.74, 6) is -0.307. The Kier molecular flexibility index (Phi) is 3.28. The second kappa shape index (κ2) is 5.97. The van der Waals surface area contributed by atoms with Crippen LogP contribution >= 0.6 is 0 Å². The van der Waals surface area contributed by atoms with Gasteiger partial charge in [-0.1, -0.05) is 53.7 Å². The average Bonchev–Trinajstić information content (AvgIpc) is 3.39. The molecule has 3 heterocycles. The van der Waals surface area contributed by atoms with E-state index in [9.17, 15) is 4.39 Å². The summed E-state index contributed by atoms with van der Waals surface area (Å²) in [5.41, 5.74) is 5.71. The van der Waals surface area contributed by atoms with Crippen molar-refractivity contribution in [3.8, 4) is 16.9 Å². The number of imidazole rings is 1. The van der Waals surface area contributed by atoms with Gasteiger partial charge in [0.2, 0.25) is 0 Å². The zero-order chi connectivity index (χ0) is 19.4. The fraction of sp³-hybridized carbons (Fsp3) is 0. The number of benzene rings is 3. The van der Waals surface area contributed by atoms with Crippen LogP contribution in [0.15, 0.2) is 85.1 Å². The van der Waals surface area contributed by atoms with Crippen LogP contribution in [0.25, 0.3) is 44.5 Å². The predicted molar refractivity (Wildman–Crippen MR) is 111 cm³/mol. The summed E-state index contributed by atoms with van der Waals surface area (Å²) in [7, 11) is 0. The van der Waals surface area contributed by atoms with E-state index in [2.05, 4.69) is 10.3 Å². The molecule has 3 aromatic heterocycles. The summed E-state index contributed by atoms with van der Waals surface area (Å²) >= 11 is 0. The number of hydrogen-bond donors (Lipinski definition) is 0. The molecule has 0 amide bonds. The van der Waals surface area contributed by atoms with Gasteiger partial charge in [0.1, 0.15) is 17.2 Å². The smallest absolute Gasteiger partial charge is 0.164 e. The molecule has 0 aliphatic rings. The molecule has 0 fully saturated rings. The summed E-state index contributed by atoms with van der Waals surface area (Å²) in [4.78, 5) is 4.72. The molecule has 3 aromatic carbocycles. The number of nitrogens with zero attached hydrogens (tertiary/aromatic N) is 5. The van der Waals surface area contributed by atoms with E-state index >= 15 is 0 Å². The number of fused-ring (bicyclic) bond motifs is 5. The molecule has 138 valence electrons. The second-order valence-corrected chi connectivity index (χ2v) is 6.91. The molecule has 0 saturated carbocycles. The quantitative estimate of drug-likeness (QED) is 0.424. The number of aromatic nitrogens is 5. The van der Waals surface area contributed by atoms with Crippen LogP contribution < -0.4 is 0 Å². The van der Waals surface area contributed by atoms with Gasteiger partial charge in [-0.25, -0.2) is 14.1 Å². The van der Waals surface area contributed by atoms with Gasteiger partial charge in [-0.15, -0.1) is 5.10 Å². The Morgan fingerprint density at radius 3 is 2.52 bits per heavy atom. The summed E-state index contributed by atoms with van der Waals surface area (Å²) in [6.45, 7) is 0. The van der Waals surface area contributed by atoms with Crippen molar-refractivity contribution in [2.24, 2.45) is 0 Å². The van der Waals surface area contributed by atoms with E-state index in [-0.39, 0.29) is 5.82 Å². The molecule has 6 rings (SSSR count). The van der Waals surface area contributed by atoms with E-state index in [1.54, 1.807) is 10.7 Å². The van der Waals surface area contributed by atoms with Crippen LogP contribution in [0.1, 0.15) is 0 Å². The summed E-state index contributed by atoms with van der Waals surface area (Å²) in [6.07, 6.45) is 1.89. The molecule has 29 heavy (non-hydrogen) atoms. The number of para-hydroxylation sites is 1. The van der Waals surface area contributed by atoms with Gasteiger partial charge >= 0.3 is 0 Å². The van der Waals surface area contributed by atoms with E-state index < -0.39 is 0 Å². The highest BCUT2D eigenvalue weighted by molar-refractivity contribution is 5.94. The first kappa shape index (κ1) is 15.9. The summed E-state index contributed by atoms with van der Waals surface area (Å²) < 4.78 is 17.6. The summed E-state index contributed by atoms with van der Waals surface area (Å²) in [6, 6.07) is 24.7. The number of pyridine rings is 1. The Labute approximate surface area is 164 Å². The largest absolute Gasteiger partial charge is 0.290 e. The van der Waals surface area contributed by atoms with Crippen LogP contribution in [0.3, 0.4) is 0 Å². The predicted octanol–water partition coefficient (Wildman–Crippen LogP) is 5.03. The molecule has 0 spiro atoms. The first-order valence-corrected chi connectivity index (χ1v) is 9.25. The lowest BCUT2D eigenvalue weighted by Crippen LogP contribution is -2.00. The van der Waals surface area contributed by atoms with Gasteiger partial charge in [-0.3, -0.25) is 4.40 Å². The normalized spacial score (nSPS) is 11.6. The number of halogens is 1.